The van der Waals surface area contributed by atoms with Gasteiger partial charge < -0.3 is 25.0 Å². The minimum atomic E-state index is -1.37. The van der Waals surface area contributed by atoms with Gasteiger partial charge in [-0.2, -0.15) is 0 Å². The van der Waals surface area contributed by atoms with Gasteiger partial charge in [0.1, 0.15) is 0 Å². The molecule has 1 amide bonds. The highest BCUT2D eigenvalue weighted by molar-refractivity contribution is 6.06. The molecule has 0 aliphatic rings. The molecule has 2 aromatic carbocycles. The zero-order chi connectivity index (χ0) is 20.0. The van der Waals surface area contributed by atoms with E-state index < -0.39 is 17.8 Å². The van der Waals surface area contributed by atoms with Gasteiger partial charge in [-0.3, -0.25) is 4.79 Å². The van der Waals surface area contributed by atoms with Crippen LogP contribution in [0.15, 0.2) is 36.4 Å². The van der Waals surface area contributed by atoms with Crippen molar-refractivity contribution < 1.29 is 34.1 Å². The third kappa shape index (κ3) is 4.75. The van der Waals surface area contributed by atoms with E-state index in [2.05, 4.69) is 5.32 Å². The maximum Gasteiger partial charge on any atom is 0.336 e. The maximum absolute atomic E-state index is 12.3. The van der Waals surface area contributed by atoms with Crippen LogP contribution in [0.25, 0.3) is 0 Å². The van der Waals surface area contributed by atoms with Crippen molar-refractivity contribution in [2.24, 2.45) is 0 Å². The number of ether oxygens (including phenoxy) is 2. The number of carbonyl (C=O) groups is 3. The fraction of sp³-hybridized carbons (Fsp3) is 0.211. The van der Waals surface area contributed by atoms with Gasteiger partial charge in [-0.25, -0.2) is 9.59 Å². The maximum atomic E-state index is 12.3. The zero-order valence-corrected chi connectivity index (χ0v) is 14.8. The molecule has 0 fully saturated rings. The summed E-state index contributed by atoms with van der Waals surface area (Å²) in [7, 11) is 3.06. The number of amides is 1. The highest BCUT2D eigenvalue weighted by atomic mass is 16.5. The molecule has 0 aromatic heterocycles. The molecule has 0 saturated carbocycles. The summed E-state index contributed by atoms with van der Waals surface area (Å²) in [6, 6.07) is 8.72. The van der Waals surface area contributed by atoms with Crippen molar-refractivity contribution >= 4 is 17.8 Å². The van der Waals surface area contributed by atoms with Crippen molar-refractivity contribution in [3.63, 3.8) is 0 Å². The van der Waals surface area contributed by atoms with Crippen molar-refractivity contribution in [2.45, 2.75) is 6.42 Å². The van der Waals surface area contributed by atoms with Crippen LogP contribution in [-0.4, -0.2) is 48.8 Å². The van der Waals surface area contributed by atoms with Gasteiger partial charge in [0.15, 0.2) is 11.5 Å². The van der Waals surface area contributed by atoms with Crippen LogP contribution in [0.4, 0.5) is 0 Å². The summed E-state index contributed by atoms with van der Waals surface area (Å²) < 4.78 is 10.4. The van der Waals surface area contributed by atoms with E-state index >= 15 is 0 Å². The summed E-state index contributed by atoms with van der Waals surface area (Å²) in [5, 5.41) is 20.8. The van der Waals surface area contributed by atoms with Gasteiger partial charge in [0, 0.05) is 6.54 Å². The molecule has 0 aliphatic carbocycles. The van der Waals surface area contributed by atoms with Gasteiger partial charge in [0.2, 0.25) is 0 Å². The summed E-state index contributed by atoms with van der Waals surface area (Å²) in [6.07, 6.45) is 0.488. The molecule has 0 radical (unpaired) electrons. The SMILES string of the molecule is COc1ccc(CCNC(=O)c2ccc(C(=O)O)cc2C(=O)O)cc1OC. The van der Waals surface area contributed by atoms with E-state index in [1.165, 1.54) is 26.4 Å². The largest absolute Gasteiger partial charge is 0.493 e. The topological polar surface area (TPSA) is 122 Å². The number of nitrogens with one attached hydrogen (secondary N) is 1. The lowest BCUT2D eigenvalue weighted by molar-refractivity contribution is 0.0691. The first-order chi connectivity index (χ1) is 12.9. The average molecular weight is 373 g/mol. The van der Waals surface area contributed by atoms with Gasteiger partial charge in [0.05, 0.1) is 30.9 Å². The first-order valence-electron chi connectivity index (χ1n) is 7.97. The molecule has 0 bridgehead atoms. The smallest absolute Gasteiger partial charge is 0.336 e. The summed E-state index contributed by atoms with van der Waals surface area (Å²) in [5.41, 5.74) is 0.236. The minimum absolute atomic E-state index is 0.0974. The number of rotatable bonds is 8. The normalized spacial score (nSPS) is 10.1. The fourth-order valence-corrected chi connectivity index (χ4v) is 2.50. The molecule has 8 heteroatoms. The molecule has 142 valence electrons. The lowest BCUT2D eigenvalue weighted by Gasteiger charge is -2.11. The molecule has 0 spiro atoms. The molecule has 0 aliphatic heterocycles. The van der Waals surface area contributed by atoms with Crippen LogP contribution < -0.4 is 14.8 Å². The van der Waals surface area contributed by atoms with Gasteiger partial charge in [-0.15, -0.1) is 0 Å². The highest BCUT2D eigenvalue weighted by Crippen LogP contribution is 2.27. The summed E-state index contributed by atoms with van der Waals surface area (Å²) in [4.78, 5) is 34.6. The monoisotopic (exact) mass is 373 g/mol. The molecule has 2 aromatic rings. The molecule has 8 nitrogen and oxygen atoms in total. The Labute approximate surface area is 155 Å². The molecule has 0 atom stereocenters. The Morgan fingerprint density at radius 2 is 1.59 bits per heavy atom. The predicted molar refractivity (Wildman–Crippen MR) is 95.9 cm³/mol. The lowest BCUT2D eigenvalue weighted by atomic mass is 10.0. The fourth-order valence-electron chi connectivity index (χ4n) is 2.50. The van der Waals surface area contributed by atoms with Crippen molar-refractivity contribution in [1.29, 1.82) is 0 Å². The van der Waals surface area contributed by atoms with E-state index in [9.17, 15) is 19.5 Å². The van der Waals surface area contributed by atoms with Crippen LogP contribution in [-0.2, 0) is 6.42 Å². The van der Waals surface area contributed by atoms with Gasteiger partial charge >= 0.3 is 11.9 Å². The van der Waals surface area contributed by atoms with Crippen LogP contribution in [0, 0.1) is 0 Å². The van der Waals surface area contributed by atoms with Gasteiger partial charge in [-0.05, 0) is 42.3 Å². The Morgan fingerprint density at radius 1 is 0.889 bits per heavy atom. The van der Waals surface area contributed by atoms with E-state index in [0.717, 1.165) is 11.6 Å². The Kier molecular flexibility index (Phi) is 6.37. The molecule has 0 saturated heterocycles. The van der Waals surface area contributed by atoms with E-state index in [1.54, 1.807) is 12.1 Å². The third-order valence-corrected chi connectivity index (χ3v) is 3.89. The Balaban J connectivity index is 2.08. The van der Waals surface area contributed by atoms with Crippen molar-refractivity contribution in [2.75, 3.05) is 20.8 Å². The summed E-state index contributed by atoms with van der Waals surface area (Å²) >= 11 is 0. The Bertz CT molecular complexity index is 876. The molecular formula is C19H19NO7. The predicted octanol–water partition coefficient (Wildman–Crippen LogP) is 2.07. The van der Waals surface area contributed by atoms with E-state index in [0.29, 0.717) is 17.9 Å². The lowest BCUT2D eigenvalue weighted by Crippen LogP contribution is -2.27. The van der Waals surface area contributed by atoms with Crippen LogP contribution in [0.5, 0.6) is 11.5 Å². The number of carbonyl (C=O) groups excluding carboxylic acids is 1. The second-order valence-corrected chi connectivity index (χ2v) is 5.57. The molecule has 0 heterocycles. The van der Waals surface area contributed by atoms with Crippen molar-refractivity contribution in [3.05, 3.63) is 58.7 Å². The standard InChI is InChI=1S/C19H19NO7/c1-26-15-6-3-11(9-16(15)27-2)7-8-20-17(21)13-5-4-12(18(22)23)10-14(13)19(24)25/h3-6,9-10H,7-8H2,1-2H3,(H,20,21)(H,22,23)(H,24,25). The first kappa shape index (κ1) is 19.8. The van der Waals surface area contributed by atoms with E-state index in [-0.39, 0.29) is 23.2 Å². The number of hydrogen-bond acceptors (Lipinski definition) is 5. The first-order valence-corrected chi connectivity index (χ1v) is 7.97. The van der Waals surface area contributed by atoms with Crippen LogP contribution in [0.2, 0.25) is 0 Å². The number of carboxylic acid groups (broad SMARTS) is 2. The molecule has 2 rings (SSSR count). The van der Waals surface area contributed by atoms with E-state index in [4.69, 9.17) is 14.6 Å². The minimum Gasteiger partial charge on any atom is -0.493 e. The average Bonchev–Trinajstić information content (AvgIpc) is 2.66. The van der Waals surface area contributed by atoms with Crippen LogP contribution >= 0.6 is 0 Å². The van der Waals surface area contributed by atoms with Crippen molar-refractivity contribution in [1.82, 2.24) is 5.32 Å². The van der Waals surface area contributed by atoms with Gasteiger partial charge in [0.25, 0.3) is 5.91 Å². The van der Waals surface area contributed by atoms with E-state index in [1.807, 2.05) is 6.07 Å². The molecular weight excluding hydrogens is 354 g/mol. The molecule has 3 N–H and O–H groups in total. The Morgan fingerprint density at radius 3 is 2.19 bits per heavy atom. The number of aromatic carboxylic acids is 2. The van der Waals surface area contributed by atoms with Gasteiger partial charge in [-0.1, -0.05) is 6.07 Å². The Hall–Kier alpha value is -3.55. The third-order valence-electron chi connectivity index (χ3n) is 3.89. The molecule has 0 unspecified atom stereocenters. The molecule has 27 heavy (non-hydrogen) atoms. The second kappa shape index (κ2) is 8.70. The van der Waals surface area contributed by atoms with Crippen LogP contribution in [0.1, 0.15) is 36.6 Å². The summed E-state index contributed by atoms with van der Waals surface area (Å²) in [5.74, 6) is -2.07. The number of hydrogen-bond donors (Lipinski definition) is 3. The quantitative estimate of drug-likeness (QED) is 0.647. The number of benzene rings is 2. The number of carboxylic acids is 2. The van der Waals surface area contributed by atoms with Crippen LogP contribution in [0.3, 0.4) is 0 Å². The highest BCUT2D eigenvalue weighted by Gasteiger charge is 2.18. The second-order valence-electron chi connectivity index (χ2n) is 5.57. The van der Waals surface area contributed by atoms with Crippen molar-refractivity contribution in [3.8, 4) is 11.5 Å². The summed E-state index contributed by atoms with van der Waals surface area (Å²) in [6.45, 7) is 0.258. The number of methoxy groups -OCH3 is 2. The zero-order valence-electron chi connectivity index (χ0n) is 14.8.